The molecule has 23 heavy (non-hydrogen) atoms. The first-order valence-corrected chi connectivity index (χ1v) is 9.10. The number of likely N-dealkylation sites (tertiary alicyclic amines) is 2. The maximum atomic E-state index is 12.9. The molecule has 2 heterocycles. The highest BCUT2D eigenvalue weighted by Gasteiger charge is 2.35. The zero-order valence-electron chi connectivity index (χ0n) is 15.1. The van der Waals surface area contributed by atoms with E-state index in [-0.39, 0.29) is 17.9 Å². The van der Waals surface area contributed by atoms with Crippen LogP contribution >= 0.6 is 0 Å². The molecule has 0 aromatic carbocycles. The van der Waals surface area contributed by atoms with Crippen molar-refractivity contribution in [2.24, 2.45) is 5.92 Å². The van der Waals surface area contributed by atoms with Crippen LogP contribution in [0.2, 0.25) is 0 Å². The van der Waals surface area contributed by atoms with Crippen molar-refractivity contribution in [2.45, 2.75) is 77.9 Å². The van der Waals surface area contributed by atoms with Crippen LogP contribution in [-0.2, 0) is 9.53 Å². The molecule has 0 aromatic rings. The molecule has 5 heteroatoms. The van der Waals surface area contributed by atoms with E-state index < -0.39 is 5.60 Å². The lowest BCUT2D eigenvalue weighted by Crippen LogP contribution is -2.51. The molecule has 2 amide bonds. The molecule has 2 aliphatic heterocycles. The second kappa shape index (κ2) is 7.54. The largest absolute Gasteiger partial charge is 0.444 e. The van der Waals surface area contributed by atoms with Gasteiger partial charge in [0, 0.05) is 25.7 Å². The highest BCUT2D eigenvalue weighted by atomic mass is 16.6. The smallest absolute Gasteiger partial charge is 0.410 e. The van der Waals surface area contributed by atoms with Gasteiger partial charge in [-0.2, -0.15) is 0 Å². The summed E-state index contributed by atoms with van der Waals surface area (Å²) in [5.41, 5.74) is -0.492. The van der Waals surface area contributed by atoms with Gasteiger partial charge in [-0.15, -0.1) is 0 Å². The third-order valence-corrected chi connectivity index (χ3v) is 4.80. The number of carbonyl (C=O) groups excluding carboxylic acids is 2. The Morgan fingerprint density at radius 2 is 1.83 bits per heavy atom. The van der Waals surface area contributed by atoms with E-state index in [2.05, 4.69) is 11.8 Å². The van der Waals surface area contributed by atoms with Gasteiger partial charge in [-0.1, -0.05) is 6.92 Å². The number of piperidine rings is 2. The maximum Gasteiger partial charge on any atom is 0.410 e. The molecule has 0 spiro atoms. The van der Waals surface area contributed by atoms with Crippen LogP contribution in [0.5, 0.6) is 0 Å². The van der Waals surface area contributed by atoms with E-state index in [0.29, 0.717) is 19.1 Å². The van der Waals surface area contributed by atoms with Crippen molar-refractivity contribution in [2.75, 3.05) is 19.6 Å². The first-order valence-electron chi connectivity index (χ1n) is 9.10. The fourth-order valence-corrected chi connectivity index (χ4v) is 3.62. The van der Waals surface area contributed by atoms with E-state index in [4.69, 9.17) is 4.74 Å². The minimum atomic E-state index is -0.492. The Hall–Kier alpha value is -1.26. The average molecular weight is 324 g/mol. The molecular weight excluding hydrogens is 292 g/mol. The molecule has 0 saturated carbocycles. The van der Waals surface area contributed by atoms with Crippen LogP contribution in [0.4, 0.5) is 4.79 Å². The summed E-state index contributed by atoms with van der Waals surface area (Å²) in [6, 6.07) is 0.383. The van der Waals surface area contributed by atoms with Crippen LogP contribution in [0, 0.1) is 5.92 Å². The Kier molecular flexibility index (Phi) is 5.93. The zero-order chi connectivity index (χ0) is 17.0. The standard InChI is InChI=1S/C18H32N2O3/c1-5-15-10-6-7-12-20(15)16(21)14-9-8-11-19(13-14)17(22)23-18(2,3)4/h14-15H,5-13H2,1-4H3. The summed E-state index contributed by atoms with van der Waals surface area (Å²) in [7, 11) is 0. The number of nitrogens with zero attached hydrogens (tertiary/aromatic N) is 2. The summed E-state index contributed by atoms with van der Waals surface area (Å²) >= 11 is 0. The minimum absolute atomic E-state index is 0.0663. The van der Waals surface area contributed by atoms with Crippen LogP contribution in [0.3, 0.4) is 0 Å². The Balaban J connectivity index is 1.97. The molecule has 0 aromatic heterocycles. The summed E-state index contributed by atoms with van der Waals surface area (Å²) in [6.45, 7) is 9.84. The zero-order valence-corrected chi connectivity index (χ0v) is 15.1. The molecule has 2 saturated heterocycles. The lowest BCUT2D eigenvalue weighted by molar-refractivity contribution is -0.141. The average Bonchev–Trinajstić information content (AvgIpc) is 2.52. The lowest BCUT2D eigenvalue weighted by atomic mass is 9.93. The van der Waals surface area contributed by atoms with Gasteiger partial charge in [0.1, 0.15) is 5.60 Å². The molecule has 0 bridgehead atoms. The predicted octanol–water partition coefficient (Wildman–Crippen LogP) is 3.42. The molecule has 0 radical (unpaired) electrons. The minimum Gasteiger partial charge on any atom is -0.444 e. The van der Waals surface area contributed by atoms with Crippen molar-refractivity contribution in [3.63, 3.8) is 0 Å². The molecule has 2 rings (SSSR count). The van der Waals surface area contributed by atoms with Gasteiger partial charge in [0.25, 0.3) is 0 Å². The highest BCUT2D eigenvalue weighted by Crippen LogP contribution is 2.26. The molecule has 2 unspecified atom stereocenters. The first kappa shape index (κ1) is 18.1. The second-order valence-electron chi connectivity index (χ2n) is 7.85. The number of ether oxygens (including phenoxy) is 1. The third-order valence-electron chi connectivity index (χ3n) is 4.80. The van der Waals surface area contributed by atoms with Gasteiger partial charge in [0.15, 0.2) is 0 Å². The monoisotopic (exact) mass is 324 g/mol. The molecule has 132 valence electrons. The Bertz CT molecular complexity index is 430. The fraction of sp³-hybridized carbons (Fsp3) is 0.889. The number of amides is 2. The van der Waals surface area contributed by atoms with Gasteiger partial charge in [0.2, 0.25) is 5.91 Å². The van der Waals surface area contributed by atoms with Crippen molar-refractivity contribution in [1.29, 1.82) is 0 Å². The van der Waals surface area contributed by atoms with Crippen LogP contribution in [0.25, 0.3) is 0 Å². The number of carbonyl (C=O) groups is 2. The van der Waals surface area contributed by atoms with Crippen molar-refractivity contribution in [3.8, 4) is 0 Å². The van der Waals surface area contributed by atoms with E-state index in [0.717, 1.165) is 38.6 Å². The van der Waals surface area contributed by atoms with Crippen LogP contribution in [0.1, 0.15) is 66.2 Å². The van der Waals surface area contributed by atoms with Gasteiger partial charge < -0.3 is 14.5 Å². The van der Waals surface area contributed by atoms with Gasteiger partial charge in [-0.05, 0) is 59.3 Å². The molecule has 0 aliphatic carbocycles. The molecule has 2 atom stereocenters. The van der Waals surface area contributed by atoms with Crippen LogP contribution in [-0.4, -0.2) is 53.1 Å². The summed E-state index contributed by atoms with van der Waals surface area (Å²) in [4.78, 5) is 29.0. The number of rotatable bonds is 2. The molecule has 0 N–H and O–H groups in total. The summed E-state index contributed by atoms with van der Waals surface area (Å²) in [5.74, 6) is 0.174. The summed E-state index contributed by atoms with van der Waals surface area (Å²) < 4.78 is 5.46. The second-order valence-corrected chi connectivity index (χ2v) is 7.85. The summed E-state index contributed by atoms with van der Waals surface area (Å²) in [5, 5.41) is 0. The van der Waals surface area contributed by atoms with E-state index in [9.17, 15) is 9.59 Å². The number of hydrogen-bond acceptors (Lipinski definition) is 3. The summed E-state index contributed by atoms with van der Waals surface area (Å²) in [6.07, 6.45) is 5.92. The Morgan fingerprint density at radius 1 is 1.09 bits per heavy atom. The normalized spacial score (nSPS) is 26.1. The molecule has 2 aliphatic rings. The topological polar surface area (TPSA) is 49.9 Å². The Labute approximate surface area is 140 Å². The molecule has 2 fully saturated rings. The van der Waals surface area contributed by atoms with Crippen LogP contribution < -0.4 is 0 Å². The van der Waals surface area contributed by atoms with E-state index >= 15 is 0 Å². The molecular formula is C18H32N2O3. The van der Waals surface area contributed by atoms with Crippen molar-refractivity contribution < 1.29 is 14.3 Å². The Morgan fingerprint density at radius 3 is 2.48 bits per heavy atom. The van der Waals surface area contributed by atoms with E-state index in [1.807, 2.05) is 20.8 Å². The van der Waals surface area contributed by atoms with Crippen molar-refractivity contribution in [1.82, 2.24) is 9.80 Å². The number of hydrogen-bond donors (Lipinski definition) is 0. The van der Waals surface area contributed by atoms with Crippen molar-refractivity contribution in [3.05, 3.63) is 0 Å². The SMILES string of the molecule is CCC1CCCCN1C(=O)C1CCCN(C(=O)OC(C)(C)C)C1. The predicted molar refractivity (Wildman–Crippen MR) is 90.2 cm³/mol. The van der Waals surface area contributed by atoms with Crippen LogP contribution in [0.15, 0.2) is 0 Å². The van der Waals surface area contributed by atoms with Gasteiger partial charge in [0.05, 0.1) is 5.92 Å². The first-order chi connectivity index (χ1) is 10.8. The molecule has 5 nitrogen and oxygen atoms in total. The van der Waals surface area contributed by atoms with E-state index in [1.54, 1.807) is 4.90 Å². The van der Waals surface area contributed by atoms with Crippen molar-refractivity contribution >= 4 is 12.0 Å². The van der Waals surface area contributed by atoms with E-state index in [1.165, 1.54) is 6.42 Å². The third kappa shape index (κ3) is 4.85. The quantitative estimate of drug-likeness (QED) is 0.782. The van der Waals surface area contributed by atoms with Gasteiger partial charge in [-0.25, -0.2) is 4.79 Å². The lowest BCUT2D eigenvalue weighted by Gasteiger charge is -2.40. The highest BCUT2D eigenvalue weighted by molar-refractivity contribution is 5.80. The fourth-order valence-electron chi connectivity index (χ4n) is 3.62. The van der Waals surface area contributed by atoms with Gasteiger partial charge >= 0.3 is 6.09 Å². The maximum absolute atomic E-state index is 12.9. The van der Waals surface area contributed by atoms with Gasteiger partial charge in [-0.3, -0.25) is 4.79 Å².